The zero-order valence-electron chi connectivity index (χ0n) is 17.9. The second-order valence-electron chi connectivity index (χ2n) is 7.62. The molecule has 1 fully saturated rings. The number of nitrogens with zero attached hydrogens (tertiary/aromatic N) is 4. The van der Waals surface area contributed by atoms with Crippen molar-refractivity contribution >= 4 is 39.6 Å². The molecule has 9 heteroatoms. The van der Waals surface area contributed by atoms with Crippen LogP contribution < -0.4 is 5.32 Å². The topological polar surface area (TPSA) is 72.3 Å². The predicted molar refractivity (Wildman–Crippen MR) is 128 cm³/mol. The molecule has 32 heavy (non-hydrogen) atoms. The highest BCUT2D eigenvalue weighted by Crippen LogP contribution is 2.29. The molecule has 0 unspecified atom stereocenters. The van der Waals surface area contributed by atoms with Crippen molar-refractivity contribution in [3.8, 4) is 10.6 Å². The molecule has 7 nitrogen and oxygen atoms in total. The van der Waals surface area contributed by atoms with E-state index in [2.05, 4.69) is 32.8 Å². The summed E-state index contributed by atoms with van der Waals surface area (Å²) in [6.45, 7) is 6.44. The summed E-state index contributed by atoms with van der Waals surface area (Å²) in [5.74, 6) is -0.0966. The molecular weight excluding hydrogens is 442 g/mol. The lowest BCUT2D eigenvalue weighted by molar-refractivity contribution is 0.0169. The number of amides is 1. The van der Waals surface area contributed by atoms with Crippen LogP contribution in [0.4, 0.5) is 0 Å². The molecule has 1 N–H and O–H groups in total. The van der Waals surface area contributed by atoms with Crippen molar-refractivity contribution < 1.29 is 9.53 Å². The van der Waals surface area contributed by atoms with Crippen molar-refractivity contribution in [3.63, 3.8) is 0 Å². The number of hydrogen-bond acceptors (Lipinski definition) is 7. The lowest BCUT2D eigenvalue weighted by Gasteiger charge is -2.34. The number of pyridine rings is 1. The first-order valence-electron chi connectivity index (χ1n) is 10.8. The van der Waals surface area contributed by atoms with Crippen LogP contribution >= 0.6 is 22.7 Å². The second-order valence-corrected chi connectivity index (χ2v) is 9.55. The van der Waals surface area contributed by atoms with Crippen LogP contribution in [0.2, 0.25) is 0 Å². The van der Waals surface area contributed by atoms with Crippen molar-refractivity contribution in [1.82, 2.24) is 25.0 Å². The van der Waals surface area contributed by atoms with Crippen molar-refractivity contribution in [2.45, 2.75) is 19.5 Å². The second kappa shape index (κ2) is 9.50. The average Bonchev–Trinajstić information content (AvgIpc) is 3.61. The first kappa shape index (κ1) is 21.3. The maximum absolute atomic E-state index is 13.4. The van der Waals surface area contributed by atoms with E-state index in [1.54, 1.807) is 28.9 Å². The summed E-state index contributed by atoms with van der Waals surface area (Å²) in [6.07, 6.45) is 1.75. The molecule has 0 radical (unpaired) electrons. The van der Waals surface area contributed by atoms with Crippen molar-refractivity contribution in [2.24, 2.45) is 0 Å². The number of thiophene rings is 2. The number of morpholine rings is 1. The van der Waals surface area contributed by atoms with Crippen LogP contribution in [0, 0.1) is 0 Å². The Morgan fingerprint density at radius 2 is 2.03 bits per heavy atom. The van der Waals surface area contributed by atoms with E-state index in [-0.39, 0.29) is 11.9 Å². The van der Waals surface area contributed by atoms with E-state index in [4.69, 9.17) is 9.72 Å². The largest absolute Gasteiger partial charge is 0.379 e. The molecule has 0 bridgehead atoms. The third-order valence-electron chi connectivity index (χ3n) is 5.74. The smallest absolute Gasteiger partial charge is 0.252 e. The Labute approximate surface area is 194 Å². The van der Waals surface area contributed by atoms with Crippen LogP contribution in [0.25, 0.3) is 21.6 Å². The maximum atomic E-state index is 13.4. The van der Waals surface area contributed by atoms with E-state index in [1.807, 2.05) is 35.2 Å². The summed E-state index contributed by atoms with van der Waals surface area (Å²) in [4.78, 5) is 22.9. The summed E-state index contributed by atoms with van der Waals surface area (Å²) < 4.78 is 7.37. The Morgan fingerprint density at radius 3 is 2.75 bits per heavy atom. The first-order valence-corrected chi connectivity index (χ1v) is 12.5. The van der Waals surface area contributed by atoms with E-state index in [0.29, 0.717) is 18.7 Å². The van der Waals surface area contributed by atoms with E-state index in [9.17, 15) is 4.79 Å². The quantitative estimate of drug-likeness (QED) is 0.444. The molecule has 0 aliphatic carbocycles. The normalized spacial score (nSPS) is 15.8. The number of carbonyl (C=O) groups excluding carboxylic acids is 1. The molecule has 1 aliphatic heterocycles. The van der Waals surface area contributed by atoms with Gasteiger partial charge >= 0.3 is 0 Å². The fourth-order valence-electron chi connectivity index (χ4n) is 4.08. The number of ether oxygens (including phenoxy) is 1. The summed E-state index contributed by atoms with van der Waals surface area (Å²) in [7, 11) is 0. The average molecular weight is 468 g/mol. The van der Waals surface area contributed by atoms with Crippen LogP contribution in [0.1, 0.15) is 28.2 Å². The van der Waals surface area contributed by atoms with Crippen molar-refractivity contribution in [1.29, 1.82) is 0 Å². The molecule has 1 aliphatic rings. The van der Waals surface area contributed by atoms with Gasteiger partial charge in [0.1, 0.15) is 0 Å². The molecule has 1 amide bonds. The molecule has 5 rings (SSSR count). The Bertz CT molecular complexity index is 1180. The minimum absolute atomic E-state index is 0.0966. The van der Waals surface area contributed by atoms with Crippen LogP contribution in [-0.4, -0.2) is 58.4 Å². The van der Waals surface area contributed by atoms with Crippen LogP contribution in [0.3, 0.4) is 0 Å². The van der Waals surface area contributed by atoms with Gasteiger partial charge in [-0.25, -0.2) is 9.67 Å². The number of rotatable bonds is 7. The zero-order chi connectivity index (χ0) is 21.9. The van der Waals surface area contributed by atoms with E-state index >= 15 is 0 Å². The van der Waals surface area contributed by atoms with Gasteiger partial charge in [-0.15, -0.1) is 22.7 Å². The summed E-state index contributed by atoms with van der Waals surface area (Å²) in [6, 6.07) is 10.3. The fraction of sp³-hybridized carbons (Fsp3) is 0.348. The lowest BCUT2D eigenvalue weighted by atomic mass is 10.1. The van der Waals surface area contributed by atoms with Crippen LogP contribution in [0.15, 0.2) is 47.3 Å². The third-order valence-corrected chi connectivity index (χ3v) is 7.61. The highest BCUT2D eigenvalue weighted by Gasteiger charge is 2.25. The van der Waals surface area contributed by atoms with Gasteiger partial charge in [0, 0.05) is 31.1 Å². The molecule has 4 aromatic heterocycles. The van der Waals surface area contributed by atoms with Gasteiger partial charge in [-0.2, -0.15) is 5.10 Å². The number of nitrogens with one attached hydrogen (secondary N) is 1. The molecular formula is C23H25N5O2S2. The summed E-state index contributed by atoms with van der Waals surface area (Å²) in [5.41, 5.74) is 2.16. The van der Waals surface area contributed by atoms with E-state index in [0.717, 1.165) is 47.9 Å². The molecule has 0 aromatic carbocycles. The first-order chi connectivity index (χ1) is 15.7. The highest BCUT2D eigenvalue weighted by atomic mass is 32.1. The van der Waals surface area contributed by atoms with Gasteiger partial charge in [0.25, 0.3) is 5.91 Å². The van der Waals surface area contributed by atoms with Crippen LogP contribution in [-0.2, 0) is 11.3 Å². The maximum Gasteiger partial charge on any atom is 0.252 e. The molecule has 0 spiro atoms. The van der Waals surface area contributed by atoms with E-state index in [1.165, 1.54) is 4.88 Å². The van der Waals surface area contributed by atoms with Gasteiger partial charge in [0.15, 0.2) is 5.65 Å². The minimum atomic E-state index is -0.0966. The van der Waals surface area contributed by atoms with E-state index < -0.39 is 0 Å². The number of aryl methyl sites for hydroxylation is 1. The van der Waals surface area contributed by atoms with Gasteiger partial charge in [0.05, 0.1) is 47.0 Å². The van der Waals surface area contributed by atoms with Gasteiger partial charge < -0.3 is 10.1 Å². The molecule has 166 valence electrons. The molecule has 4 aromatic rings. The van der Waals surface area contributed by atoms with Gasteiger partial charge in [-0.05, 0) is 35.9 Å². The van der Waals surface area contributed by atoms with Crippen molar-refractivity contribution in [3.05, 3.63) is 57.7 Å². The molecule has 5 heterocycles. The third kappa shape index (κ3) is 4.21. The SMILES string of the molecule is CCn1ncc2c(C(=O)NC[C@H](c3cccs3)N3CCOCC3)cc(-c3cccs3)nc21. The Balaban J connectivity index is 1.44. The molecule has 0 saturated carbocycles. The number of hydrogen-bond donors (Lipinski definition) is 1. The Hall–Kier alpha value is -2.59. The molecule has 1 saturated heterocycles. The fourth-order valence-corrected chi connectivity index (χ4v) is 5.63. The standard InChI is InChI=1S/C23H25N5O2S2/c1-2-28-22-17(14-25-28)16(13-18(26-22)20-5-3-11-31-20)23(29)24-15-19(21-6-4-12-32-21)27-7-9-30-10-8-27/h3-6,11-14,19H,2,7-10,15H2,1H3,(H,24,29)/t19-/m1/s1. The van der Waals surface area contributed by atoms with Gasteiger partial charge in [0.2, 0.25) is 0 Å². The lowest BCUT2D eigenvalue weighted by Crippen LogP contribution is -2.43. The van der Waals surface area contributed by atoms with Gasteiger partial charge in [-0.3, -0.25) is 9.69 Å². The van der Waals surface area contributed by atoms with Crippen molar-refractivity contribution in [2.75, 3.05) is 32.8 Å². The number of carbonyl (C=O) groups is 1. The van der Waals surface area contributed by atoms with Crippen LogP contribution in [0.5, 0.6) is 0 Å². The molecule has 1 atom stereocenters. The number of aromatic nitrogens is 3. The summed E-state index contributed by atoms with van der Waals surface area (Å²) in [5, 5.41) is 12.5. The summed E-state index contributed by atoms with van der Waals surface area (Å²) >= 11 is 3.34. The highest BCUT2D eigenvalue weighted by molar-refractivity contribution is 7.13. The Kier molecular flexibility index (Phi) is 6.31. The predicted octanol–water partition coefficient (Wildman–Crippen LogP) is 4.04. The monoisotopic (exact) mass is 467 g/mol. The Morgan fingerprint density at radius 1 is 1.22 bits per heavy atom. The number of fused-ring (bicyclic) bond motifs is 1. The van der Waals surface area contributed by atoms with Gasteiger partial charge in [-0.1, -0.05) is 12.1 Å². The minimum Gasteiger partial charge on any atom is -0.379 e. The zero-order valence-corrected chi connectivity index (χ0v) is 19.5.